The Morgan fingerprint density at radius 3 is 2.18 bits per heavy atom. The predicted molar refractivity (Wildman–Crippen MR) is 105 cm³/mol. The average Bonchev–Trinajstić information content (AvgIpc) is 3.55. The molecule has 0 spiro atoms. The highest BCUT2D eigenvalue weighted by Crippen LogP contribution is 2.40. The van der Waals surface area contributed by atoms with Crippen molar-refractivity contribution in [2.75, 3.05) is 0 Å². The first-order valence-electron chi connectivity index (χ1n) is 9.96. The third-order valence-electron chi connectivity index (χ3n) is 5.89. The SMILES string of the molecule is C=C(CC)N=C(C(=C)C1CC1)C(=O)C1CCC(c2ccc(F)c(F)c2F)CC1. The summed E-state index contributed by atoms with van der Waals surface area (Å²) in [5.41, 5.74) is 2.09. The number of Topliss-reactive ketones (excluding diaryl/α,β-unsaturated/α-hetero) is 1. The highest BCUT2D eigenvalue weighted by atomic mass is 19.2. The standard InChI is InChI=1S/C23H26F3NO/c1-4-13(2)27-22(14(3)15-5-6-15)23(28)17-9-7-16(8-10-17)18-11-12-19(24)21(26)20(18)25/h11-12,15-17H,2-10H2,1H3. The topological polar surface area (TPSA) is 29.4 Å². The maximum Gasteiger partial charge on any atom is 0.194 e. The van der Waals surface area contributed by atoms with Gasteiger partial charge in [-0.3, -0.25) is 9.79 Å². The molecule has 0 radical (unpaired) electrons. The summed E-state index contributed by atoms with van der Waals surface area (Å²) >= 11 is 0. The fourth-order valence-corrected chi connectivity index (χ4v) is 3.86. The molecule has 0 N–H and O–H groups in total. The first-order valence-corrected chi connectivity index (χ1v) is 9.96. The molecule has 0 unspecified atom stereocenters. The van der Waals surface area contributed by atoms with Gasteiger partial charge in [0, 0.05) is 11.6 Å². The Morgan fingerprint density at radius 1 is 1.00 bits per heavy atom. The van der Waals surface area contributed by atoms with Crippen LogP contribution in [0.15, 0.2) is 41.6 Å². The molecule has 1 aromatic carbocycles. The second kappa shape index (κ2) is 8.46. The zero-order valence-corrected chi connectivity index (χ0v) is 16.2. The molecule has 0 amide bonds. The van der Waals surface area contributed by atoms with Crippen LogP contribution in [-0.4, -0.2) is 11.5 Å². The third kappa shape index (κ3) is 4.29. The Kier molecular flexibility index (Phi) is 6.21. The van der Waals surface area contributed by atoms with Gasteiger partial charge < -0.3 is 0 Å². The lowest BCUT2D eigenvalue weighted by molar-refractivity contribution is -0.117. The number of aliphatic imine (C=N–C) groups is 1. The second-order valence-corrected chi connectivity index (χ2v) is 7.86. The highest BCUT2D eigenvalue weighted by molar-refractivity contribution is 6.47. The smallest absolute Gasteiger partial charge is 0.194 e. The zero-order valence-electron chi connectivity index (χ0n) is 16.2. The molecule has 2 fully saturated rings. The first-order chi connectivity index (χ1) is 13.3. The normalized spacial score (nSPS) is 22.8. The number of rotatable bonds is 7. The summed E-state index contributed by atoms with van der Waals surface area (Å²) in [6.45, 7) is 9.92. The minimum absolute atomic E-state index is 0.0179. The molecule has 2 aliphatic rings. The summed E-state index contributed by atoms with van der Waals surface area (Å²) in [4.78, 5) is 17.6. The van der Waals surface area contributed by atoms with Gasteiger partial charge in [0.2, 0.25) is 0 Å². The van der Waals surface area contributed by atoms with Crippen molar-refractivity contribution >= 4 is 11.5 Å². The van der Waals surface area contributed by atoms with E-state index >= 15 is 0 Å². The minimum Gasteiger partial charge on any atom is -0.292 e. The molecule has 2 aliphatic carbocycles. The van der Waals surface area contributed by atoms with Gasteiger partial charge in [-0.25, -0.2) is 13.2 Å². The van der Waals surface area contributed by atoms with Gasteiger partial charge in [-0.05, 0) is 74.0 Å². The molecule has 0 bridgehead atoms. The monoisotopic (exact) mass is 389 g/mol. The molecule has 0 atom stereocenters. The molecule has 2 nitrogen and oxygen atoms in total. The van der Waals surface area contributed by atoms with Crippen LogP contribution >= 0.6 is 0 Å². The summed E-state index contributed by atoms with van der Waals surface area (Å²) in [5, 5.41) is 0. The van der Waals surface area contributed by atoms with E-state index in [1.165, 1.54) is 6.07 Å². The van der Waals surface area contributed by atoms with Crippen LogP contribution in [0, 0.1) is 29.3 Å². The second-order valence-electron chi connectivity index (χ2n) is 7.86. The van der Waals surface area contributed by atoms with Crippen LogP contribution in [0.5, 0.6) is 0 Å². The van der Waals surface area contributed by atoms with Gasteiger partial charge in [-0.2, -0.15) is 0 Å². The van der Waals surface area contributed by atoms with E-state index in [0.717, 1.165) is 24.5 Å². The molecule has 0 aromatic heterocycles. The van der Waals surface area contributed by atoms with E-state index in [4.69, 9.17) is 0 Å². The fraction of sp³-hybridized carbons (Fsp3) is 0.478. The molecule has 5 heteroatoms. The Balaban J connectivity index is 1.71. The molecule has 0 heterocycles. The van der Waals surface area contributed by atoms with E-state index < -0.39 is 17.5 Å². The van der Waals surface area contributed by atoms with Crippen molar-refractivity contribution in [3.05, 3.63) is 59.6 Å². The Bertz CT molecular complexity index is 830. The number of hydrogen-bond donors (Lipinski definition) is 0. The van der Waals surface area contributed by atoms with Gasteiger partial charge in [0.15, 0.2) is 23.2 Å². The van der Waals surface area contributed by atoms with Crippen molar-refractivity contribution in [3.63, 3.8) is 0 Å². The van der Waals surface area contributed by atoms with E-state index in [-0.39, 0.29) is 23.2 Å². The van der Waals surface area contributed by atoms with Gasteiger partial charge in [0.05, 0.1) is 0 Å². The van der Waals surface area contributed by atoms with Crippen LogP contribution in [0.1, 0.15) is 63.4 Å². The van der Waals surface area contributed by atoms with Crippen molar-refractivity contribution in [3.8, 4) is 0 Å². The molecule has 2 saturated carbocycles. The van der Waals surface area contributed by atoms with E-state index in [0.29, 0.717) is 49.4 Å². The van der Waals surface area contributed by atoms with Gasteiger partial charge in [0.25, 0.3) is 0 Å². The Morgan fingerprint density at radius 2 is 1.61 bits per heavy atom. The van der Waals surface area contributed by atoms with E-state index in [1.807, 2.05) is 6.92 Å². The van der Waals surface area contributed by atoms with Crippen LogP contribution < -0.4 is 0 Å². The number of ketones is 1. The van der Waals surface area contributed by atoms with E-state index in [1.54, 1.807) is 0 Å². The number of allylic oxidation sites excluding steroid dienone is 2. The third-order valence-corrected chi connectivity index (χ3v) is 5.89. The van der Waals surface area contributed by atoms with Crippen molar-refractivity contribution in [1.82, 2.24) is 0 Å². The van der Waals surface area contributed by atoms with Crippen molar-refractivity contribution in [2.45, 2.75) is 57.8 Å². The number of carbonyl (C=O) groups is 1. The van der Waals surface area contributed by atoms with Crippen molar-refractivity contribution in [2.24, 2.45) is 16.8 Å². The van der Waals surface area contributed by atoms with Crippen LogP contribution in [-0.2, 0) is 4.79 Å². The molecule has 0 saturated heterocycles. The average molecular weight is 389 g/mol. The largest absolute Gasteiger partial charge is 0.292 e. The minimum atomic E-state index is -1.43. The fourth-order valence-electron chi connectivity index (χ4n) is 3.86. The molecular weight excluding hydrogens is 363 g/mol. The van der Waals surface area contributed by atoms with Crippen molar-refractivity contribution in [1.29, 1.82) is 0 Å². The summed E-state index contributed by atoms with van der Waals surface area (Å²) in [5.74, 6) is -3.82. The maximum atomic E-state index is 14.1. The van der Waals surface area contributed by atoms with Crippen LogP contribution in [0.4, 0.5) is 13.2 Å². The lowest BCUT2D eigenvalue weighted by atomic mass is 9.75. The Hall–Kier alpha value is -2.17. The summed E-state index contributed by atoms with van der Waals surface area (Å²) in [6.07, 6.45) is 4.97. The number of carbonyl (C=O) groups excluding carboxylic acids is 1. The first kappa shape index (κ1) is 20.6. The summed E-state index contributed by atoms with van der Waals surface area (Å²) < 4.78 is 40.8. The summed E-state index contributed by atoms with van der Waals surface area (Å²) in [7, 11) is 0. The zero-order chi connectivity index (χ0) is 20.4. The number of halogens is 3. The molecular formula is C23H26F3NO. The van der Waals surface area contributed by atoms with E-state index in [9.17, 15) is 18.0 Å². The van der Waals surface area contributed by atoms with Gasteiger partial charge >= 0.3 is 0 Å². The molecule has 3 rings (SSSR count). The highest BCUT2D eigenvalue weighted by Gasteiger charge is 2.35. The lowest BCUT2D eigenvalue weighted by Gasteiger charge is -2.29. The lowest BCUT2D eigenvalue weighted by Crippen LogP contribution is -2.29. The van der Waals surface area contributed by atoms with Crippen LogP contribution in [0.2, 0.25) is 0 Å². The molecule has 150 valence electrons. The number of hydrogen-bond acceptors (Lipinski definition) is 2. The predicted octanol–water partition coefficient (Wildman–Crippen LogP) is 6.28. The number of benzene rings is 1. The molecule has 0 aliphatic heterocycles. The maximum absolute atomic E-state index is 14.1. The summed E-state index contributed by atoms with van der Waals surface area (Å²) in [6, 6.07) is 2.28. The Labute approximate surface area is 164 Å². The van der Waals surface area contributed by atoms with Crippen molar-refractivity contribution < 1.29 is 18.0 Å². The van der Waals surface area contributed by atoms with E-state index in [2.05, 4.69) is 18.2 Å². The quantitative estimate of drug-likeness (QED) is 0.399. The molecule has 28 heavy (non-hydrogen) atoms. The van der Waals surface area contributed by atoms with Gasteiger partial charge in [-0.1, -0.05) is 26.1 Å². The number of nitrogens with zero attached hydrogens (tertiary/aromatic N) is 1. The van der Waals surface area contributed by atoms with Crippen LogP contribution in [0.25, 0.3) is 0 Å². The van der Waals surface area contributed by atoms with Crippen LogP contribution in [0.3, 0.4) is 0 Å². The van der Waals surface area contributed by atoms with Gasteiger partial charge in [0.1, 0.15) is 5.71 Å². The van der Waals surface area contributed by atoms with Gasteiger partial charge in [-0.15, -0.1) is 0 Å². The molecule has 1 aromatic rings.